The summed E-state index contributed by atoms with van der Waals surface area (Å²) in [6.45, 7) is 2.37. The van der Waals surface area contributed by atoms with E-state index in [-0.39, 0.29) is 27.3 Å². The normalized spacial score (nSPS) is 11.0. The zero-order chi connectivity index (χ0) is 21.8. The van der Waals surface area contributed by atoms with Gasteiger partial charge in [-0.3, -0.25) is 19.3 Å². The third-order valence-corrected chi connectivity index (χ3v) is 4.33. The lowest BCUT2D eigenvalue weighted by Crippen LogP contribution is -2.22. The predicted octanol–water partition coefficient (Wildman–Crippen LogP) is 1.70. The summed E-state index contributed by atoms with van der Waals surface area (Å²) in [6.07, 6.45) is 1.10. The summed E-state index contributed by atoms with van der Waals surface area (Å²) in [5.74, 6) is -1.20. The number of anilines is 1. The van der Waals surface area contributed by atoms with Crippen molar-refractivity contribution in [3.63, 3.8) is 0 Å². The van der Waals surface area contributed by atoms with Crippen LogP contribution in [-0.2, 0) is 0 Å². The Kier molecular flexibility index (Phi) is 5.98. The van der Waals surface area contributed by atoms with Crippen molar-refractivity contribution in [2.24, 2.45) is 4.99 Å². The van der Waals surface area contributed by atoms with E-state index in [0.717, 1.165) is 6.21 Å². The fourth-order valence-corrected chi connectivity index (χ4v) is 3.00. The molecule has 0 radical (unpaired) electrons. The molecule has 0 saturated carbocycles. The van der Waals surface area contributed by atoms with Crippen LogP contribution in [0.25, 0.3) is 5.69 Å². The number of ether oxygens (including phenoxy) is 1. The van der Waals surface area contributed by atoms with Gasteiger partial charge in [0.1, 0.15) is 11.3 Å². The molecule has 2 aromatic carbocycles. The molecule has 9 nitrogen and oxygen atoms in total. The molecular weight excluding hydrogens is 408 g/mol. The van der Waals surface area contributed by atoms with Crippen LogP contribution in [0.1, 0.15) is 22.8 Å². The summed E-state index contributed by atoms with van der Waals surface area (Å²) in [5, 5.41) is 21.7. The molecule has 154 valence electrons. The summed E-state index contributed by atoms with van der Waals surface area (Å²) >= 11 is 5.18. The SMILES string of the molecule is CCOc1ccc(-n2c(O)c(C=Nc3cc(N)cc(C(=O)[O-])c3)c(=O)[nH]c2=S)cc1. The number of carboxylic acid groups (broad SMARTS) is 1. The lowest BCUT2D eigenvalue weighted by Gasteiger charge is -2.12. The Bertz CT molecular complexity index is 1250. The number of carboxylic acids is 1. The number of nitrogens with two attached hydrogens (primary N) is 1. The predicted molar refractivity (Wildman–Crippen MR) is 112 cm³/mol. The number of nitrogens with one attached hydrogen (secondary N) is 1. The van der Waals surface area contributed by atoms with Crippen molar-refractivity contribution < 1.29 is 19.7 Å². The Labute approximate surface area is 175 Å². The molecule has 0 saturated heterocycles. The van der Waals surface area contributed by atoms with Crippen LogP contribution in [0.15, 0.2) is 52.3 Å². The molecule has 30 heavy (non-hydrogen) atoms. The molecule has 4 N–H and O–H groups in total. The number of carbonyl (C=O) groups excluding carboxylic acids is 1. The highest BCUT2D eigenvalue weighted by molar-refractivity contribution is 7.71. The highest BCUT2D eigenvalue weighted by atomic mass is 32.1. The first-order valence-corrected chi connectivity index (χ1v) is 9.18. The van der Waals surface area contributed by atoms with E-state index in [9.17, 15) is 19.8 Å². The third-order valence-electron chi connectivity index (χ3n) is 4.05. The van der Waals surface area contributed by atoms with E-state index in [1.165, 1.54) is 22.8 Å². The average molecular weight is 425 g/mol. The highest BCUT2D eigenvalue weighted by Gasteiger charge is 2.13. The van der Waals surface area contributed by atoms with E-state index in [0.29, 0.717) is 18.0 Å². The van der Waals surface area contributed by atoms with E-state index in [4.69, 9.17) is 22.7 Å². The third kappa shape index (κ3) is 4.39. The summed E-state index contributed by atoms with van der Waals surface area (Å²) < 4.78 is 6.64. The average Bonchev–Trinajstić information content (AvgIpc) is 2.68. The van der Waals surface area contributed by atoms with Crippen LogP contribution in [0.2, 0.25) is 0 Å². The fraction of sp³-hybridized carbons (Fsp3) is 0.100. The van der Waals surface area contributed by atoms with Gasteiger partial charge in [-0.2, -0.15) is 0 Å². The fourth-order valence-electron chi connectivity index (χ4n) is 2.72. The first-order chi connectivity index (χ1) is 14.3. The lowest BCUT2D eigenvalue weighted by atomic mass is 10.2. The van der Waals surface area contributed by atoms with Crippen LogP contribution in [0.3, 0.4) is 0 Å². The van der Waals surface area contributed by atoms with Gasteiger partial charge < -0.3 is 25.5 Å². The number of aromatic hydroxyl groups is 1. The van der Waals surface area contributed by atoms with Crippen LogP contribution in [0, 0.1) is 4.77 Å². The number of hydrogen-bond donors (Lipinski definition) is 3. The van der Waals surface area contributed by atoms with E-state index < -0.39 is 17.4 Å². The minimum atomic E-state index is -1.41. The lowest BCUT2D eigenvalue weighted by molar-refractivity contribution is -0.255. The zero-order valence-electron chi connectivity index (χ0n) is 15.8. The molecule has 1 heterocycles. The molecular formula is C20H17N4O5S-. The van der Waals surface area contributed by atoms with Crippen molar-refractivity contribution in [1.82, 2.24) is 9.55 Å². The summed E-state index contributed by atoms with van der Waals surface area (Å²) in [6, 6.07) is 10.6. The zero-order valence-corrected chi connectivity index (χ0v) is 16.6. The minimum Gasteiger partial charge on any atom is -0.545 e. The smallest absolute Gasteiger partial charge is 0.264 e. The number of nitrogens with zero attached hydrogens (tertiary/aromatic N) is 2. The van der Waals surface area contributed by atoms with E-state index in [1.54, 1.807) is 24.3 Å². The van der Waals surface area contributed by atoms with Gasteiger partial charge in [-0.05, 0) is 61.6 Å². The van der Waals surface area contributed by atoms with Crippen LogP contribution < -0.4 is 21.1 Å². The van der Waals surface area contributed by atoms with Crippen molar-refractivity contribution >= 4 is 35.8 Å². The molecule has 1 aromatic heterocycles. The number of aromatic carboxylic acids is 1. The van der Waals surface area contributed by atoms with Gasteiger partial charge in [0.15, 0.2) is 4.77 Å². The Balaban J connectivity index is 2.06. The maximum atomic E-state index is 12.3. The number of nitrogen functional groups attached to an aromatic ring is 1. The van der Waals surface area contributed by atoms with Crippen molar-refractivity contribution in [2.75, 3.05) is 12.3 Å². The Morgan fingerprint density at radius 1 is 1.33 bits per heavy atom. The molecule has 0 aliphatic rings. The van der Waals surface area contributed by atoms with Crippen molar-refractivity contribution in [2.45, 2.75) is 6.92 Å². The Morgan fingerprint density at radius 2 is 2.03 bits per heavy atom. The van der Waals surface area contributed by atoms with Gasteiger partial charge >= 0.3 is 0 Å². The molecule has 0 spiro atoms. The van der Waals surface area contributed by atoms with Crippen LogP contribution >= 0.6 is 12.2 Å². The molecule has 0 fully saturated rings. The molecule has 0 aliphatic carbocycles. The second-order valence-electron chi connectivity index (χ2n) is 6.12. The molecule has 3 rings (SSSR count). The van der Waals surface area contributed by atoms with Crippen molar-refractivity contribution in [3.8, 4) is 17.3 Å². The largest absolute Gasteiger partial charge is 0.545 e. The number of rotatable bonds is 6. The van der Waals surface area contributed by atoms with Crippen molar-refractivity contribution in [1.29, 1.82) is 0 Å². The summed E-state index contributed by atoms with van der Waals surface area (Å²) in [5.41, 5.74) is 5.50. The number of hydrogen-bond acceptors (Lipinski definition) is 8. The van der Waals surface area contributed by atoms with Crippen molar-refractivity contribution in [3.05, 3.63) is 68.7 Å². The Hall–Kier alpha value is -3.92. The maximum Gasteiger partial charge on any atom is 0.264 e. The number of H-pyrrole nitrogens is 1. The first-order valence-electron chi connectivity index (χ1n) is 8.77. The number of carbonyl (C=O) groups is 1. The molecule has 0 atom stereocenters. The summed E-state index contributed by atoms with van der Waals surface area (Å²) in [4.78, 5) is 29.9. The van der Waals surface area contributed by atoms with Crippen LogP contribution in [0.4, 0.5) is 11.4 Å². The second-order valence-corrected chi connectivity index (χ2v) is 6.50. The maximum absolute atomic E-state index is 12.3. The van der Waals surface area contributed by atoms with Gasteiger partial charge in [-0.1, -0.05) is 0 Å². The van der Waals surface area contributed by atoms with E-state index in [1.807, 2.05) is 6.92 Å². The van der Waals surface area contributed by atoms with Gasteiger partial charge in [0, 0.05) is 17.5 Å². The molecule has 0 amide bonds. The van der Waals surface area contributed by atoms with Crippen LogP contribution in [0.5, 0.6) is 11.6 Å². The molecule has 0 unspecified atom stereocenters. The van der Waals surface area contributed by atoms with Gasteiger partial charge in [0.25, 0.3) is 5.56 Å². The molecule has 0 bridgehead atoms. The molecule has 0 aliphatic heterocycles. The standard InChI is InChI=1S/C20H18N4O5S/c1-2-29-15-5-3-14(4-6-15)24-18(26)16(17(25)23-20(24)30)10-22-13-8-11(19(27)28)7-12(21)9-13/h3-10,26H,2,21H2,1H3,(H,27,28)(H,23,25,30)/p-1. The van der Waals surface area contributed by atoms with Gasteiger partial charge in [0.2, 0.25) is 5.88 Å². The first kappa shape index (κ1) is 20.8. The van der Waals surface area contributed by atoms with E-state index >= 15 is 0 Å². The second kappa shape index (κ2) is 8.62. The molecule has 3 aromatic rings. The topological polar surface area (TPSA) is 146 Å². The Morgan fingerprint density at radius 3 is 2.67 bits per heavy atom. The molecule has 10 heteroatoms. The summed E-state index contributed by atoms with van der Waals surface area (Å²) in [7, 11) is 0. The number of benzene rings is 2. The van der Waals surface area contributed by atoms with Gasteiger partial charge in [-0.25, -0.2) is 0 Å². The number of aromatic amines is 1. The number of aromatic nitrogens is 2. The highest BCUT2D eigenvalue weighted by Crippen LogP contribution is 2.23. The minimum absolute atomic E-state index is 0.0120. The van der Waals surface area contributed by atoms with Gasteiger partial charge in [0.05, 0.1) is 24.0 Å². The quantitative estimate of drug-likeness (QED) is 0.309. The van der Waals surface area contributed by atoms with Gasteiger partial charge in [-0.15, -0.1) is 0 Å². The van der Waals surface area contributed by atoms with Crippen LogP contribution in [-0.4, -0.2) is 33.4 Å². The van der Waals surface area contributed by atoms with E-state index in [2.05, 4.69) is 9.98 Å². The number of aliphatic imine (C=N–C) groups is 1. The monoisotopic (exact) mass is 425 g/mol.